The Morgan fingerprint density at radius 2 is 1.71 bits per heavy atom. The Morgan fingerprint density at radius 3 is 2.34 bits per heavy atom. The van der Waals surface area contributed by atoms with E-state index in [0.29, 0.717) is 34.6 Å². The molecule has 0 saturated heterocycles. The second kappa shape index (κ2) is 13.0. The highest BCUT2D eigenvalue weighted by Gasteiger charge is 2.34. The molecule has 1 N–H and O–H groups in total. The van der Waals surface area contributed by atoms with Crippen molar-refractivity contribution in [2.45, 2.75) is 104 Å². The number of nitrogens with one attached hydrogen (secondary N) is 1. The van der Waals surface area contributed by atoms with Crippen LogP contribution >= 0.6 is 0 Å². The first kappa shape index (κ1) is 32.7. The number of halogens is 3. The summed E-state index contributed by atoms with van der Waals surface area (Å²) in [6.07, 6.45) is -0.763. The van der Waals surface area contributed by atoms with Crippen LogP contribution in [0.5, 0.6) is 5.75 Å². The van der Waals surface area contributed by atoms with Crippen LogP contribution in [-0.2, 0) is 21.4 Å². The molecule has 7 heteroatoms. The van der Waals surface area contributed by atoms with Gasteiger partial charge in [-0.15, -0.1) is 0 Å². The number of hydrogen-bond acceptors (Lipinski definition) is 3. The zero-order chi connectivity index (χ0) is 30.6. The smallest absolute Gasteiger partial charge is 0.393 e. The van der Waals surface area contributed by atoms with E-state index < -0.39 is 18.0 Å². The van der Waals surface area contributed by atoms with E-state index in [1.54, 1.807) is 51.2 Å². The first-order valence-electron chi connectivity index (χ1n) is 14.8. The lowest BCUT2D eigenvalue weighted by Crippen LogP contribution is -2.38. The number of ketones is 1. The summed E-state index contributed by atoms with van der Waals surface area (Å²) < 4.78 is 46.9. The molecule has 1 aliphatic rings. The molecule has 1 aliphatic carbocycles. The number of Topliss-reactive ketones (excluding diaryl/α,β-unsaturated/α-hetero) is 1. The van der Waals surface area contributed by atoms with E-state index in [2.05, 4.69) is 26.1 Å². The maximum Gasteiger partial charge on any atom is 0.393 e. The van der Waals surface area contributed by atoms with Crippen molar-refractivity contribution in [2.75, 3.05) is 7.05 Å². The maximum absolute atomic E-state index is 13.5. The number of amides is 1. The highest BCUT2D eigenvalue weighted by molar-refractivity contribution is 5.88. The molecule has 1 saturated carbocycles. The monoisotopic (exact) mass is 573 g/mol. The summed E-state index contributed by atoms with van der Waals surface area (Å²) >= 11 is 0. The fraction of sp³-hybridized carbons (Fsp3) is 0.588. The van der Waals surface area contributed by atoms with Gasteiger partial charge in [0.15, 0.2) is 0 Å². The Balaban J connectivity index is 1.87. The molecule has 3 atom stereocenters. The number of ether oxygens (including phenoxy) is 1. The van der Waals surface area contributed by atoms with Crippen molar-refractivity contribution in [3.05, 3.63) is 53.6 Å². The third-order valence-corrected chi connectivity index (χ3v) is 8.84. The Morgan fingerprint density at radius 1 is 1.02 bits per heavy atom. The number of benzene rings is 2. The van der Waals surface area contributed by atoms with Crippen LogP contribution in [0.4, 0.5) is 13.2 Å². The SMILES string of the molecule is CCC(C)(C)CC(C)C(=O)C[C@@H]1CC[C@@H](Oc2ccc(C(C)(C)C(=O)NC)cc2-c2ccccc2CC(F)(F)F)C1. The lowest BCUT2D eigenvalue weighted by atomic mass is 9.78. The highest BCUT2D eigenvalue weighted by Crippen LogP contribution is 2.41. The van der Waals surface area contributed by atoms with Crippen molar-refractivity contribution >= 4 is 11.7 Å². The Bertz CT molecular complexity index is 1220. The molecule has 41 heavy (non-hydrogen) atoms. The average Bonchev–Trinajstić information content (AvgIpc) is 3.34. The Labute approximate surface area is 243 Å². The molecule has 0 aliphatic heterocycles. The van der Waals surface area contributed by atoms with Crippen LogP contribution in [-0.4, -0.2) is 31.0 Å². The minimum absolute atomic E-state index is 0.0119. The Kier molecular flexibility index (Phi) is 10.4. The van der Waals surface area contributed by atoms with Gasteiger partial charge < -0.3 is 10.1 Å². The van der Waals surface area contributed by atoms with E-state index in [-0.39, 0.29) is 34.8 Å². The van der Waals surface area contributed by atoms with Gasteiger partial charge in [-0.2, -0.15) is 13.2 Å². The van der Waals surface area contributed by atoms with Gasteiger partial charge in [0.25, 0.3) is 0 Å². The van der Waals surface area contributed by atoms with Gasteiger partial charge in [-0.25, -0.2) is 0 Å². The van der Waals surface area contributed by atoms with Crippen molar-refractivity contribution < 1.29 is 27.5 Å². The van der Waals surface area contributed by atoms with Crippen molar-refractivity contribution in [3.8, 4) is 16.9 Å². The predicted molar refractivity (Wildman–Crippen MR) is 158 cm³/mol. The average molecular weight is 574 g/mol. The zero-order valence-corrected chi connectivity index (χ0v) is 25.6. The molecule has 0 heterocycles. The highest BCUT2D eigenvalue weighted by atomic mass is 19.4. The van der Waals surface area contributed by atoms with Gasteiger partial charge in [-0.05, 0) is 79.7 Å². The summed E-state index contributed by atoms with van der Waals surface area (Å²) in [7, 11) is 1.56. The molecule has 226 valence electrons. The van der Waals surface area contributed by atoms with Gasteiger partial charge in [-0.1, -0.05) is 64.4 Å². The lowest BCUT2D eigenvalue weighted by Gasteiger charge is -2.26. The largest absolute Gasteiger partial charge is 0.490 e. The number of alkyl halides is 3. The molecular formula is C34H46F3NO3. The third kappa shape index (κ3) is 8.59. The second-order valence-corrected chi connectivity index (χ2v) is 13.1. The maximum atomic E-state index is 13.5. The van der Waals surface area contributed by atoms with Crippen LogP contribution in [0.25, 0.3) is 11.1 Å². The van der Waals surface area contributed by atoms with Gasteiger partial charge >= 0.3 is 6.18 Å². The van der Waals surface area contributed by atoms with Crippen LogP contribution in [0.1, 0.15) is 91.2 Å². The topological polar surface area (TPSA) is 55.4 Å². The van der Waals surface area contributed by atoms with Gasteiger partial charge in [0.2, 0.25) is 5.91 Å². The van der Waals surface area contributed by atoms with Crippen LogP contribution in [0.2, 0.25) is 0 Å². The number of hydrogen-bond donors (Lipinski definition) is 1. The summed E-state index contributed by atoms with van der Waals surface area (Å²) in [5, 5.41) is 2.68. The molecule has 0 aromatic heterocycles. The summed E-state index contributed by atoms with van der Waals surface area (Å²) in [6, 6.07) is 11.8. The van der Waals surface area contributed by atoms with Gasteiger partial charge in [-0.3, -0.25) is 9.59 Å². The second-order valence-electron chi connectivity index (χ2n) is 13.1. The number of likely N-dealkylation sites (N-methyl/N-ethyl adjacent to an activating group) is 1. The quantitative estimate of drug-likeness (QED) is 0.277. The molecule has 0 spiro atoms. The van der Waals surface area contributed by atoms with E-state index in [9.17, 15) is 22.8 Å². The minimum Gasteiger partial charge on any atom is -0.490 e. The molecule has 1 fully saturated rings. The molecular weight excluding hydrogens is 527 g/mol. The summed E-state index contributed by atoms with van der Waals surface area (Å²) in [5.74, 6) is 0.830. The van der Waals surface area contributed by atoms with Gasteiger partial charge in [0.1, 0.15) is 11.5 Å². The molecule has 0 bridgehead atoms. The van der Waals surface area contributed by atoms with E-state index in [1.807, 2.05) is 13.0 Å². The molecule has 2 aromatic carbocycles. The third-order valence-electron chi connectivity index (χ3n) is 8.84. The van der Waals surface area contributed by atoms with Crippen molar-refractivity contribution in [1.29, 1.82) is 0 Å². The minimum atomic E-state index is -4.37. The first-order valence-corrected chi connectivity index (χ1v) is 14.8. The van der Waals surface area contributed by atoms with Crippen LogP contribution in [0, 0.1) is 17.3 Å². The van der Waals surface area contributed by atoms with Crippen molar-refractivity contribution in [3.63, 3.8) is 0 Å². The normalized spacial score (nSPS) is 18.7. The summed E-state index contributed by atoms with van der Waals surface area (Å²) in [4.78, 5) is 25.6. The van der Waals surface area contributed by atoms with Crippen LogP contribution < -0.4 is 10.1 Å². The lowest BCUT2D eigenvalue weighted by molar-refractivity contribution is -0.127. The fourth-order valence-corrected chi connectivity index (χ4v) is 5.90. The van der Waals surface area contributed by atoms with Crippen LogP contribution in [0.15, 0.2) is 42.5 Å². The van der Waals surface area contributed by atoms with E-state index in [1.165, 1.54) is 6.07 Å². The van der Waals surface area contributed by atoms with Crippen LogP contribution in [0.3, 0.4) is 0 Å². The fourth-order valence-electron chi connectivity index (χ4n) is 5.90. The number of carbonyl (C=O) groups is 2. The van der Waals surface area contributed by atoms with E-state index in [4.69, 9.17) is 4.74 Å². The molecule has 1 unspecified atom stereocenters. The summed E-state index contributed by atoms with van der Waals surface area (Å²) in [6.45, 7) is 12.1. The summed E-state index contributed by atoms with van der Waals surface area (Å²) in [5.41, 5.74) is 1.04. The zero-order valence-electron chi connectivity index (χ0n) is 25.6. The number of rotatable bonds is 12. The van der Waals surface area contributed by atoms with Gasteiger partial charge in [0.05, 0.1) is 17.9 Å². The first-order chi connectivity index (χ1) is 19.1. The number of carbonyl (C=O) groups excluding carboxylic acids is 2. The Hall–Kier alpha value is -2.83. The van der Waals surface area contributed by atoms with Gasteiger partial charge in [0, 0.05) is 24.9 Å². The van der Waals surface area contributed by atoms with Crippen molar-refractivity contribution in [1.82, 2.24) is 5.32 Å². The van der Waals surface area contributed by atoms with E-state index in [0.717, 1.165) is 32.1 Å². The van der Waals surface area contributed by atoms with E-state index >= 15 is 0 Å². The van der Waals surface area contributed by atoms with Crippen molar-refractivity contribution in [2.24, 2.45) is 17.3 Å². The molecule has 1 amide bonds. The molecule has 0 radical (unpaired) electrons. The molecule has 3 rings (SSSR count). The molecule has 4 nitrogen and oxygen atoms in total. The standard InChI is InChI=1S/C34H46F3NO3/c1-8-32(3,4)20-22(2)29(39)18-23-13-15-26(17-23)41-30-16-14-25(33(5,6)31(40)38-7)19-28(30)27-12-10-9-11-24(27)21-34(35,36)37/h9-12,14,16,19,22-23,26H,8,13,15,17-18,20-21H2,1-7H3,(H,38,40)/t22?,23-,26-/m1/s1. The molecule has 2 aromatic rings. The predicted octanol–water partition coefficient (Wildman–Crippen LogP) is 8.45.